The van der Waals surface area contributed by atoms with Gasteiger partial charge in [-0.3, -0.25) is 9.59 Å². The summed E-state index contributed by atoms with van der Waals surface area (Å²) in [5, 5.41) is 0. The maximum atomic E-state index is 12.5. The topological polar surface area (TPSA) is 63.4 Å². The molecule has 0 saturated heterocycles. The van der Waals surface area contributed by atoms with Crippen LogP contribution in [0.4, 0.5) is 13.2 Å². The van der Waals surface area contributed by atoms with Gasteiger partial charge in [-0.1, -0.05) is 12.1 Å². The van der Waals surface area contributed by atoms with Gasteiger partial charge in [0.15, 0.2) is 0 Å². The lowest BCUT2D eigenvalue weighted by Gasteiger charge is -2.18. The second-order valence-electron chi connectivity index (χ2n) is 5.30. The van der Waals surface area contributed by atoms with E-state index in [0.717, 1.165) is 12.1 Å². The number of carbonyl (C=O) groups excluding carboxylic acids is 2. The summed E-state index contributed by atoms with van der Waals surface area (Å²) in [6.07, 6.45) is -4.39. The molecule has 4 nitrogen and oxygen atoms in total. The molecule has 0 aliphatic rings. The average Bonchev–Trinajstić information content (AvgIpc) is 2.54. The highest BCUT2D eigenvalue weighted by molar-refractivity contribution is 5.97. The van der Waals surface area contributed by atoms with Crippen molar-refractivity contribution in [2.45, 2.75) is 12.7 Å². The van der Waals surface area contributed by atoms with Crippen molar-refractivity contribution in [3.05, 3.63) is 70.8 Å². The zero-order chi connectivity index (χ0) is 17.9. The Kier molecular flexibility index (Phi) is 4.92. The smallest absolute Gasteiger partial charge is 0.366 e. The Balaban J connectivity index is 2.07. The Morgan fingerprint density at radius 1 is 0.958 bits per heavy atom. The number of amides is 2. The standard InChI is InChI=1S/C17H15F3N2O2/c1-22(10-11-2-8-14(9-3-11)17(18,19)20)16(24)13-6-4-12(5-7-13)15(21)23/h2-9H,10H2,1H3,(H2,21,23). The highest BCUT2D eigenvalue weighted by atomic mass is 19.4. The Morgan fingerprint density at radius 3 is 1.92 bits per heavy atom. The minimum absolute atomic E-state index is 0.161. The summed E-state index contributed by atoms with van der Waals surface area (Å²) in [6.45, 7) is 0.161. The maximum Gasteiger partial charge on any atom is 0.416 e. The molecule has 0 bridgehead atoms. The predicted molar refractivity (Wildman–Crippen MR) is 82.2 cm³/mol. The molecule has 2 rings (SSSR count). The van der Waals surface area contributed by atoms with Crippen molar-refractivity contribution in [2.75, 3.05) is 7.05 Å². The number of hydrogen-bond donors (Lipinski definition) is 1. The van der Waals surface area contributed by atoms with Crippen LogP contribution in [-0.4, -0.2) is 23.8 Å². The Morgan fingerprint density at radius 2 is 1.46 bits per heavy atom. The number of alkyl halides is 3. The summed E-state index contributed by atoms with van der Waals surface area (Å²) >= 11 is 0. The van der Waals surface area contributed by atoms with Gasteiger partial charge in [-0.25, -0.2) is 0 Å². The van der Waals surface area contributed by atoms with Gasteiger partial charge in [0.25, 0.3) is 5.91 Å². The van der Waals surface area contributed by atoms with E-state index < -0.39 is 17.6 Å². The number of primary amides is 1. The van der Waals surface area contributed by atoms with E-state index in [1.807, 2.05) is 0 Å². The second-order valence-corrected chi connectivity index (χ2v) is 5.30. The van der Waals surface area contributed by atoms with E-state index in [4.69, 9.17) is 5.73 Å². The molecule has 0 aliphatic heterocycles. The minimum Gasteiger partial charge on any atom is -0.366 e. The average molecular weight is 336 g/mol. The highest BCUT2D eigenvalue weighted by Crippen LogP contribution is 2.29. The van der Waals surface area contributed by atoms with Crippen LogP contribution in [0.25, 0.3) is 0 Å². The third-order valence-electron chi connectivity index (χ3n) is 3.46. The van der Waals surface area contributed by atoms with E-state index >= 15 is 0 Å². The normalized spacial score (nSPS) is 11.2. The lowest BCUT2D eigenvalue weighted by Crippen LogP contribution is -2.26. The van der Waals surface area contributed by atoms with Crippen molar-refractivity contribution in [1.29, 1.82) is 0 Å². The van der Waals surface area contributed by atoms with E-state index in [0.29, 0.717) is 11.1 Å². The largest absolute Gasteiger partial charge is 0.416 e. The summed E-state index contributed by atoms with van der Waals surface area (Å²) in [4.78, 5) is 24.7. The molecule has 0 saturated carbocycles. The number of rotatable bonds is 4. The summed E-state index contributed by atoms with van der Waals surface area (Å²) in [5.41, 5.74) is 5.62. The Bertz CT molecular complexity index is 738. The first kappa shape index (κ1) is 17.5. The summed E-state index contributed by atoms with van der Waals surface area (Å²) in [5.74, 6) is -0.905. The van der Waals surface area contributed by atoms with E-state index in [9.17, 15) is 22.8 Å². The van der Waals surface area contributed by atoms with Gasteiger partial charge in [0.1, 0.15) is 0 Å². The van der Waals surface area contributed by atoms with Crippen molar-refractivity contribution in [3.63, 3.8) is 0 Å². The number of halogens is 3. The molecule has 2 amide bonds. The van der Waals surface area contributed by atoms with Crippen molar-refractivity contribution in [3.8, 4) is 0 Å². The molecule has 126 valence electrons. The number of hydrogen-bond acceptors (Lipinski definition) is 2. The van der Waals surface area contributed by atoms with Crippen LogP contribution in [0.2, 0.25) is 0 Å². The summed E-state index contributed by atoms with van der Waals surface area (Å²) in [7, 11) is 1.54. The fourth-order valence-corrected chi connectivity index (χ4v) is 2.14. The molecular formula is C17H15F3N2O2. The van der Waals surface area contributed by atoms with Gasteiger partial charge in [0.05, 0.1) is 5.56 Å². The van der Waals surface area contributed by atoms with E-state index in [-0.39, 0.29) is 18.0 Å². The quantitative estimate of drug-likeness (QED) is 0.932. The van der Waals surface area contributed by atoms with Gasteiger partial charge in [-0.2, -0.15) is 13.2 Å². The lowest BCUT2D eigenvalue weighted by atomic mass is 10.1. The van der Waals surface area contributed by atoms with Crippen LogP contribution < -0.4 is 5.73 Å². The number of nitrogens with zero attached hydrogens (tertiary/aromatic N) is 1. The second kappa shape index (κ2) is 6.74. The van der Waals surface area contributed by atoms with Gasteiger partial charge >= 0.3 is 6.18 Å². The monoisotopic (exact) mass is 336 g/mol. The first-order valence-corrected chi connectivity index (χ1v) is 7.00. The number of carbonyl (C=O) groups is 2. The molecule has 7 heteroatoms. The van der Waals surface area contributed by atoms with Gasteiger partial charge in [0.2, 0.25) is 5.91 Å². The molecule has 0 radical (unpaired) electrons. The van der Waals surface area contributed by atoms with Crippen LogP contribution in [0.1, 0.15) is 31.8 Å². The number of benzene rings is 2. The summed E-state index contributed by atoms with van der Waals surface area (Å²) < 4.78 is 37.6. The summed E-state index contributed by atoms with van der Waals surface area (Å²) in [6, 6.07) is 10.5. The molecule has 0 atom stereocenters. The molecule has 2 aromatic carbocycles. The van der Waals surface area contributed by atoms with Crippen LogP contribution in [-0.2, 0) is 12.7 Å². The third-order valence-corrected chi connectivity index (χ3v) is 3.46. The molecule has 0 unspecified atom stereocenters. The van der Waals surface area contributed by atoms with E-state index in [2.05, 4.69) is 0 Å². The minimum atomic E-state index is -4.39. The van der Waals surface area contributed by atoms with Gasteiger partial charge in [0, 0.05) is 24.7 Å². The van der Waals surface area contributed by atoms with Gasteiger partial charge in [-0.15, -0.1) is 0 Å². The van der Waals surface area contributed by atoms with E-state index in [1.54, 1.807) is 7.05 Å². The first-order chi connectivity index (χ1) is 11.2. The van der Waals surface area contributed by atoms with Crippen LogP contribution in [0, 0.1) is 0 Å². The van der Waals surface area contributed by atoms with Crippen molar-refractivity contribution < 1.29 is 22.8 Å². The van der Waals surface area contributed by atoms with E-state index in [1.165, 1.54) is 41.3 Å². The fraction of sp³-hybridized carbons (Fsp3) is 0.176. The van der Waals surface area contributed by atoms with Gasteiger partial charge < -0.3 is 10.6 Å². The van der Waals surface area contributed by atoms with Crippen molar-refractivity contribution in [2.24, 2.45) is 5.73 Å². The number of nitrogens with two attached hydrogens (primary N) is 1. The van der Waals surface area contributed by atoms with Gasteiger partial charge in [-0.05, 0) is 42.0 Å². The third kappa shape index (κ3) is 4.13. The fourth-order valence-electron chi connectivity index (χ4n) is 2.14. The first-order valence-electron chi connectivity index (χ1n) is 7.00. The Labute approximate surface area is 136 Å². The molecule has 24 heavy (non-hydrogen) atoms. The molecule has 0 fully saturated rings. The van der Waals surface area contributed by atoms with Crippen molar-refractivity contribution >= 4 is 11.8 Å². The molecule has 0 heterocycles. The Hall–Kier alpha value is -2.83. The van der Waals surface area contributed by atoms with Crippen LogP contribution in [0.5, 0.6) is 0 Å². The van der Waals surface area contributed by atoms with Crippen molar-refractivity contribution in [1.82, 2.24) is 4.90 Å². The molecule has 0 aliphatic carbocycles. The lowest BCUT2D eigenvalue weighted by molar-refractivity contribution is -0.137. The van der Waals surface area contributed by atoms with Crippen LogP contribution >= 0.6 is 0 Å². The molecule has 2 aromatic rings. The zero-order valence-electron chi connectivity index (χ0n) is 12.8. The maximum absolute atomic E-state index is 12.5. The van der Waals surface area contributed by atoms with Crippen LogP contribution in [0.3, 0.4) is 0 Å². The highest BCUT2D eigenvalue weighted by Gasteiger charge is 2.30. The molecule has 0 spiro atoms. The zero-order valence-corrected chi connectivity index (χ0v) is 12.8. The predicted octanol–water partition coefficient (Wildman–Crippen LogP) is 3.08. The molecule has 2 N–H and O–H groups in total. The van der Waals surface area contributed by atoms with Crippen LogP contribution in [0.15, 0.2) is 48.5 Å². The molecule has 0 aromatic heterocycles. The SMILES string of the molecule is CN(Cc1ccc(C(F)(F)F)cc1)C(=O)c1ccc(C(N)=O)cc1. The molecular weight excluding hydrogens is 321 g/mol.